The Bertz CT molecular complexity index is 1360. The number of nitrogens with zero attached hydrogens (tertiary/aromatic N) is 2. The molecule has 3 aromatic rings. The Hall–Kier alpha value is -3.61. The predicted octanol–water partition coefficient (Wildman–Crippen LogP) is 2.90. The Morgan fingerprint density at radius 2 is 1.94 bits per heavy atom. The van der Waals surface area contributed by atoms with E-state index in [4.69, 9.17) is 16.3 Å². The first-order chi connectivity index (χ1) is 17.1. The molecule has 3 heterocycles. The number of fused-ring (bicyclic) bond motifs is 1. The van der Waals surface area contributed by atoms with Crippen LogP contribution in [0.5, 0.6) is 5.88 Å². The Kier molecular flexibility index (Phi) is 7.20. The van der Waals surface area contributed by atoms with Crippen LogP contribution >= 0.6 is 11.6 Å². The molecule has 4 N–H and O–H groups in total. The molecule has 2 aromatic heterocycles. The number of carbonyl (C=O) groups excluding carboxylic acids is 1. The van der Waals surface area contributed by atoms with Crippen LogP contribution in [0.2, 0.25) is 5.02 Å². The fourth-order valence-electron chi connectivity index (χ4n) is 3.63. The topological polar surface area (TPSA) is 126 Å². The summed E-state index contributed by atoms with van der Waals surface area (Å²) in [5.41, 5.74) is -1.22. The van der Waals surface area contributed by atoms with Crippen molar-refractivity contribution in [3.8, 4) is 17.0 Å². The van der Waals surface area contributed by atoms with E-state index in [9.17, 15) is 33.0 Å². The van der Waals surface area contributed by atoms with Crippen molar-refractivity contribution in [2.24, 2.45) is 0 Å². The third kappa shape index (κ3) is 5.15. The SMILES string of the molecule is O=C(NC(CO)CO)c1cnccc1Nc1cc(-c2cc(Cl)ccc2F)c(=O)n2c1OC(F)(F)CC2. The lowest BCUT2D eigenvalue weighted by atomic mass is 10.1. The molecule has 0 radical (unpaired) electrons. The molecule has 0 aliphatic carbocycles. The van der Waals surface area contributed by atoms with E-state index in [0.29, 0.717) is 0 Å². The molecule has 13 heteroatoms. The fraction of sp³-hybridized carbons (Fsp3) is 0.261. The Labute approximate surface area is 207 Å². The smallest absolute Gasteiger partial charge is 0.400 e. The molecule has 9 nitrogen and oxygen atoms in total. The quantitative estimate of drug-likeness (QED) is 0.374. The van der Waals surface area contributed by atoms with Gasteiger partial charge in [-0.1, -0.05) is 11.6 Å². The maximum absolute atomic E-state index is 14.6. The first-order valence-electron chi connectivity index (χ1n) is 10.7. The van der Waals surface area contributed by atoms with Crippen molar-refractivity contribution in [3.05, 3.63) is 69.5 Å². The second kappa shape index (κ2) is 10.2. The van der Waals surface area contributed by atoms with Gasteiger partial charge in [0.15, 0.2) is 0 Å². The van der Waals surface area contributed by atoms with E-state index >= 15 is 0 Å². The van der Waals surface area contributed by atoms with E-state index in [0.717, 1.165) is 16.7 Å². The van der Waals surface area contributed by atoms with Crippen LogP contribution in [0.1, 0.15) is 16.8 Å². The van der Waals surface area contributed by atoms with Gasteiger partial charge in [-0.3, -0.25) is 19.1 Å². The maximum atomic E-state index is 14.6. The molecule has 1 amide bonds. The van der Waals surface area contributed by atoms with Crippen molar-refractivity contribution >= 4 is 28.9 Å². The van der Waals surface area contributed by atoms with Crippen LogP contribution in [-0.2, 0) is 6.54 Å². The molecule has 190 valence electrons. The van der Waals surface area contributed by atoms with Gasteiger partial charge >= 0.3 is 6.11 Å². The zero-order valence-corrected chi connectivity index (χ0v) is 19.2. The number of nitrogens with one attached hydrogen (secondary N) is 2. The molecule has 0 spiro atoms. The number of hydrogen-bond acceptors (Lipinski definition) is 7. The van der Waals surface area contributed by atoms with E-state index in [1.165, 1.54) is 30.6 Å². The summed E-state index contributed by atoms with van der Waals surface area (Å²) in [5.74, 6) is -1.99. The van der Waals surface area contributed by atoms with E-state index in [2.05, 4.69) is 15.6 Å². The van der Waals surface area contributed by atoms with Gasteiger partial charge in [-0.05, 0) is 30.3 Å². The van der Waals surface area contributed by atoms with E-state index < -0.39 is 61.5 Å². The summed E-state index contributed by atoms with van der Waals surface area (Å²) in [6.07, 6.45) is -1.85. The number of ether oxygens (including phenoxy) is 1. The average molecular weight is 525 g/mol. The zero-order chi connectivity index (χ0) is 26.0. The minimum Gasteiger partial charge on any atom is -0.414 e. The van der Waals surface area contributed by atoms with Gasteiger partial charge in [0.05, 0.1) is 42.5 Å². The minimum atomic E-state index is -3.57. The summed E-state index contributed by atoms with van der Waals surface area (Å²) < 4.78 is 48.7. The number of aliphatic hydroxyl groups is 2. The molecular formula is C23H20ClF3N4O5. The average Bonchev–Trinajstić information content (AvgIpc) is 2.85. The van der Waals surface area contributed by atoms with Crippen LogP contribution in [0.4, 0.5) is 24.5 Å². The number of benzene rings is 1. The van der Waals surface area contributed by atoms with Crippen molar-refractivity contribution in [1.29, 1.82) is 0 Å². The summed E-state index contributed by atoms with van der Waals surface area (Å²) in [6, 6.07) is 5.16. The molecule has 0 saturated carbocycles. The number of aromatic nitrogens is 2. The highest BCUT2D eigenvalue weighted by Crippen LogP contribution is 2.39. The second-order valence-electron chi connectivity index (χ2n) is 7.93. The maximum Gasteiger partial charge on any atom is 0.400 e. The Morgan fingerprint density at radius 3 is 2.67 bits per heavy atom. The third-order valence-electron chi connectivity index (χ3n) is 5.44. The van der Waals surface area contributed by atoms with Gasteiger partial charge in [-0.15, -0.1) is 0 Å². The van der Waals surface area contributed by atoms with Crippen LogP contribution < -0.4 is 20.9 Å². The normalized spacial score (nSPS) is 14.2. The summed E-state index contributed by atoms with van der Waals surface area (Å²) in [5, 5.41) is 23.9. The number of amides is 1. The predicted molar refractivity (Wildman–Crippen MR) is 124 cm³/mol. The van der Waals surface area contributed by atoms with E-state index in [1.807, 2.05) is 0 Å². The minimum absolute atomic E-state index is 0.0626. The largest absolute Gasteiger partial charge is 0.414 e. The van der Waals surface area contributed by atoms with Crippen LogP contribution in [0.3, 0.4) is 0 Å². The van der Waals surface area contributed by atoms with Gasteiger partial charge in [0.1, 0.15) is 11.5 Å². The number of hydrogen-bond donors (Lipinski definition) is 4. The number of alkyl halides is 2. The molecule has 1 aromatic carbocycles. The summed E-state index contributed by atoms with van der Waals surface area (Å²) >= 11 is 5.99. The van der Waals surface area contributed by atoms with Gasteiger partial charge in [0, 0.05) is 29.5 Å². The standard InChI is InChI=1S/C23H20ClF3N4O5/c24-12-1-2-17(25)14(7-12)15-8-19(22-31(21(15)35)6-4-23(26,27)36-22)30-18-3-5-28-9-16(18)20(34)29-13(10-32)11-33/h1-3,5,7-9,13,32-33H,4,6,10-11H2,(H,28,30)(H,29,34). The molecule has 1 aliphatic heterocycles. The highest BCUT2D eigenvalue weighted by molar-refractivity contribution is 6.30. The van der Waals surface area contributed by atoms with Gasteiger partial charge in [0.25, 0.3) is 11.5 Å². The molecule has 1 aliphatic rings. The molecule has 0 saturated heterocycles. The number of carbonyl (C=O) groups is 1. The number of anilines is 2. The Balaban J connectivity index is 1.84. The van der Waals surface area contributed by atoms with Crippen molar-refractivity contribution < 1.29 is 32.9 Å². The van der Waals surface area contributed by atoms with Gasteiger partial charge in [-0.2, -0.15) is 8.78 Å². The molecule has 0 fully saturated rings. The van der Waals surface area contributed by atoms with Gasteiger partial charge in [0.2, 0.25) is 5.88 Å². The number of rotatable bonds is 7. The van der Waals surface area contributed by atoms with Gasteiger partial charge < -0.3 is 25.6 Å². The summed E-state index contributed by atoms with van der Waals surface area (Å²) in [6.45, 7) is -1.47. The second-order valence-corrected chi connectivity index (χ2v) is 8.37. The molecule has 4 rings (SSSR count). The first-order valence-corrected chi connectivity index (χ1v) is 11.0. The lowest BCUT2D eigenvalue weighted by Crippen LogP contribution is -2.40. The molecule has 0 bridgehead atoms. The van der Waals surface area contributed by atoms with E-state index in [1.54, 1.807) is 0 Å². The third-order valence-corrected chi connectivity index (χ3v) is 5.68. The van der Waals surface area contributed by atoms with Crippen molar-refractivity contribution in [1.82, 2.24) is 14.9 Å². The van der Waals surface area contributed by atoms with E-state index in [-0.39, 0.29) is 33.1 Å². The highest BCUT2D eigenvalue weighted by atomic mass is 35.5. The van der Waals surface area contributed by atoms with Crippen LogP contribution in [0.25, 0.3) is 11.1 Å². The fourth-order valence-corrected chi connectivity index (χ4v) is 3.80. The molecule has 0 unspecified atom stereocenters. The summed E-state index contributed by atoms with van der Waals surface area (Å²) in [7, 11) is 0. The molecule has 36 heavy (non-hydrogen) atoms. The number of pyridine rings is 2. The summed E-state index contributed by atoms with van der Waals surface area (Å²) in [4.78, 5) is 29.7. The van der Waals surface area contributed by atoms with Crippen LogP contribution in [0, 0.1) is 5.82 Å². The Morgan fingerprint density at radius 1 is 1.19 bits per heavy atom. The zero-order valence-electron chi connectivity index (χ0n) is 18.5. The lowest BCUT2D eigenvalue weighted by Gasteiger charge is -2.29. The first kappa shape index (κ1) is 25.5. The van der Waals surface area contributed by atoms with Crippen molar-refractivity contribution in [2.45, 2.75) is 25.1 Å². The van der Waals surface area contributed by atoms with Gasteiger partial charge in [-0.25, -0.2) is 4.39 Å². The highest BCUT2D eigenvalue weighted by Gasteiger charge is 2.39. The molecule has 0 atom stereocenters. The van der Waals surface area contributed by atoms with Crippen LogP contribution in [-0.4, -0.2) is 51.0 Å². The number of aliphatic hydroxyl groups excluding tert-OH is 2. The van der Waals surface area contributed by atoms with Crippen molar-refractivity contribution in [3.63, 3.8) is 0 Å². The lowest BCUT2D eigenvalue weighted by molar-refractivity contribution is -0.197. The monoisotopic (exact) mass is 524 g/mol. The van der Waals surface area contributed by atoms with Crippen LogP contribution in [0.15, 0.2) is 47.5 Å². The van der Waals surface area contributed by atoms with Crippen molar-refractivity contribution in [2.75, 3.05) is 18.5 Å². The number of halogens is 4. The molecular weight excluding hydrogens is 505 g/mol.